The van der Waals surface area contributed by atoms with E-state index in [0.717, 1.165) is 141 Å². The van der Waals surface area contributed by atoms with E-state index in [2.05, 4.69) is 179 Å². The Morgan fingerprint density at radius 3 is 1.10 bits per heavy atom. The summed E-state index contributed by atoms with van der Waals surface area (Å²) in [7, 11) is 0. The van der Waals surface area contributed by atoms with Gasteiger partial charge in [-0.15, -0.1) is 0 Å². The van der Waals surface area contributed by atoms with E-state index in [9.17, 15) is 34.5 Å². The maximum Gasteiger partial charge on any atom is 0.335 e. The third-order valence-corrected chi connectivity index (χ3v) is 12.6. The molecule has 452 valence electrons. The van der Waals surface area contributed by atoms with E-state index < -0.39 is 67.3 Å². The van der Waals surface area contributed by atoms with Gasteiger partial charge in [0.2, 0.25) is 0 Å². The minimum atomic E-state index is -1.93. The molecule has 81 heavy (non-hydrogen) atoms. The number of ether oxygens (including phenoxy) is 5. The lowest BCUT2D eigenvalue weighted by atomic mass is 9.98. The van der Waals surface area contributed by atoms with Crippen LogP contribution in [0.15, 0.2) is 158 Å². The SMILES string of the molecule is CC/C=C\C/C=C\C/C=C\C/C=C\C/C=C\CCCCCC(=O)OCC(COC1OC(C(=O)O)C(O)C(O)C1OC(=O)CCCCC/C=C\C/C=C\C/C=C\CC)OC(=O)CCCCC/C=C\C/C=C\C/C=C\C/C=C\C/C=C\CC. The van der Waals surface area contributed by atoms with E-state index in [-0.39, 0.29) is 25.9 Å². The average molecular weight is 1130 g/mol. The summed E-state index contributed by atoms with van der Waals surface area (Å²) in [4.78, 5) is 51.2. The molecule has 0 aliphatic carbocycles. The molecular formula is C69H104O12. The number of esters is 3. The molecule has 0 amide bonds. The van der Waals surface area contributed by atoms with Crippen molar-refractivity contribution in [1.29, 1.82) is 0 Å². The molecule has 0 aromatic rings. The van der Waals surface area contributed by atoms with Crippen LogP contribution in [-0.2, 0) is 42.9 Å². The number of hydrogen-bond acceptors (Lipinski definition) is 11. The highest BCUT2D eigenvalue weighted by Crippen LogP contribution is 2.26. The standard InChI is InChI=1S/C69H104O12/c1-4-7-10-13-16-19-22-25-27-29-31-33-35-38-40-43-46-49-52-55-61(70)77-58-60(79-62(71)56-53-50-47-44-42-39-36-34-32-30-28-26-23-20-17-14-11-8-5-2)59-78-69-67(65(74)64(73)66(81-69)68(75)76)80-63(72)57-54-51-48-45-41-37-24-21-18-15-12-9-6-3/h7-12,16-21,25-28,31-34,37-42,60,64-67,69,73-74H,4-6,13-15,22-24,29-30,35-36,43-59H2,1-3H3,(H,75,76)/b10-7-,11-8-,12-9-,19-16-,20-17-,21-18-,27-25-,28-26-,33-31-,34-32-,40-38-,41-37-,42-39-. The summed E-state index contributed by atoms with van der Waals surface area (Å²) >= 11 is 0. The molecule has 0 saturated carbocycles. The van der Waals surface area contributed by atoms with Crippen LogP contribution < -0.4 is 0 Å². The molecule has 1 fully saturated rings. The first kappa shape index (κ1) is 73.4. The molecule has 0 aromatic heterocycles. The van der Waals surface area contributed by atoms with Crippen molar-refractivity contribution < 1.29 is 58.2 Å². The Morgan fingerprint density at radius 2 is 0.741 bits per heavy atom. The molecule has 6 unspecified atom stereocenters. The van der Waals surface area contributed by atoms with Gasteiger partial charge in [-0.3, -0.25) is 14.4 Å². The number of carbonyl (C=O) groups is 4. The van der Waals surface area contributed by atoms with Gasteiger partial charge in [0, 0.05) is 19.3 Å². The highest BCUT2D eigenvalue weighted by atomic mass is 16.7. The number of aliphatic hydroxyl groups excluding tert-OH is 2. The lowest BCUT2D eigenvalue weighted by molar-refractivity contribution is -0.301. The number of unbranched alkanes of at least 4 members (excludes halogenated alkanes) is 9. The van der Waals surface area contributed by atoms with E-state index in [4.69, 9.17) is 23.7 Å². The van der Waals surface area contributed by atoms with Crippen molar-refractivity contribution in [2.45, 2.75) is 237 Å². The lowest BCUT2D eigenvalue weighted by Gasteiger charge is -2.40. The van der Waals surface area contributed by atoms with Crippen molar-refractivity contribution in [3.8, 4) is 0 Å². The molecule has 1 rings (SSSR count). The second kappa shape index (κ2) is 54.9. The van der Waals surface area contributed by atoms with Crippen molar-refractivity contribution >= 4 is 23.9 Å². The summed E-state index contributed by atoms with van der Waals surface area (Å²) < 4.78 is 28.4. The summed E-state index contributed by atoms with van der Waals surface area (Å²) in [5.74, 6) is -3.28. The molecule has 3 N–H and O–H groups in total. The topological polar surface area (TPSA) is 175 Å². The highest BCUT2D eigenvalue weighted by Gasteiger charge is 2.50. The second-order valence-electron chi connectivity index (χ2n) is 19.8. The monoisotopic (exact) mass is 1120 g/mol. The first-order chi connectivity index (χ1) is 39.6. The average Bonchev–Trinajstić information content (AvgIpc) is 3.46. The molecule has 12 nitrogen and oxygen atoms in total. The van der Waals surface area contributed by atoms with Crippen LogP contribution in [-0.4, -0.2) is 89.2 Å². The number of aliphatic hydroxyl groups is 2. The Labute approximate surface area is 488 Å². The van der Waals surface area contributed by atoms with Crippen molar-refractivity contribution in [2.24, 2.45) is 0 Å². The predicted molar refractivity (Wildman–Crippen MR) is 330 cm³/mol. The Hall–Kier alpha value is -5.66. The van der Waals surface area contributed by atoms with Crippen LogP contribution in [0.4, 0.5) is 0 Å². The van der Waals surface area contributed by atoms with E-state index in [0.29, 0.717) is 19.3 Å². The number of hydrogen-bond donors (Lipinski definition) is 3. The van der Waals surface area contributed by atoms with Gasteiger partial charge >= 0.3 is 23.9 Å². The van der Waals surface area contributed by atoms with Crippen molar-refractivity contribution in [3.05, 3.63) is 158 Å². The highest BCUT2D eigenvalue weighted by molar-refractivity contribution is 5.74. The summed E-state index contributed by atoms with van der Waals surface area (Å²) in [5.41, 5.74) is 0. The lowest BCUT2D eigenvalue weighted by Crippen LogP contribution is -2.61. The predicted octanol–water partition coefficient (Wildman–Crippen LogP) is 16.1. The van der Waals surface area contributed by atoms with Gasteiger partial charge in [-0.25, -0.2) is 4.79 Å². The van der Waals surface area contributed by atoms with Gasteiger partial charge in [0.05, 0.1) is 6.61 Å². The van der Waals surface area contributed by atoms with Gasteiger partial charge in [0.25, 0.3) is 0 Å². The van der Waals surface area contributed by atoms with Gasteiger partial charge in [0.1, 0.15) is 18.8 Å². The van der Waals surface area contributed by atoms with Gasteiger partial charge in [-0.2, -0.15) is 0 Å². The van der Waals surface area contributed by atoms with Gasteiger partial charge in [-0.05, 0) is 141 Å². The van der Waals surface area contributed by atoms with Crippen LogP contribution in [0.25, 0.3) is 0 Å². The normalized spacial score (nSPS) is 18.9. The maximum absolute atomic E-state index is 13.2. The molecule has 0 spiro atoms. The molecule has 6 atom stereocenters. The maximum atomic E-state index is 13.2. The van der Waals surface area contributed by atoms with Crippen molar-refractivity contribution in [2.75, 3.05) is 13.2 Å². The molecule has 1 saturated heterocycles. The molecule has 12 heteroatoms. The largest absolute Gasteiger partial charge is 0.479 e. The summed E-state index contributed by atoms with van der Waals surface area (Å²) in [6.45, 7) is 5.56. The van der Waals surface area contributed by atoms with E-state index in [1.54, 1.807) is 0 Å². The second-order valence-corrected chi connectivity index (χ2v) is 19.8. The zero-order chi connectivity index (χ0) is 58.9. The number of carboxylic acids is 1. The fourth-order valence-corrected chi connectivity index (χ4v) is 8.02. The number of allylic oxidation sites excluding steroid dienone is 26. The minimum Gasteiger partial charge on any atom is -0.479 e. The third-order valence-electron chi connectivity index (χ3n) is 12.6. The third kappa shape index (κ3) is 44.7. The number of carboxylic acid groups (broad SMARTS) is 1. The van der Waals surface area contributed by atoms with E-state index in [1.807, 2.05) is 0 Å². The molecule has 0 aromatic carbocycles. The fourth-order valence-electron chi connectivity index (χ4n) is 8.02. The zero-order valence-corrected chi connectivity index (χ0v) is 49.7. The molecule has 1 aliphatic heterocycles. The van der Waals surface area contributed by atoms with E-state index in [1.165, 1.54) is 0 Å². The molecule has 0 bridgehead atoms. The van der Waals surface area contributed by atoms with Crippen LogP contribution >= 0.6 is 0 Å². The fraction of sp³-hybridized carbons (Fsp3) is 0.565. The smallest absolute Gasteiger partial charge is 0.335 e. The Morgan fingerprint density at radius 1 is 0.407 bits per heavy atom. The van der Waals surface area contributed by atoms with Gasteiger partial charge in [0.15, 0.2) is 24.6 Å². The Kier molecular flexibility index (Phi) is 49.7. The number of rotatable bonds is 49. The molecule has 1 heterocycles. The van der Waals surface area contributed by atoms with Crippen molar-refractivity contribution in [1.82, 2.24) is 0 Å². The molecular weight excluding hydrogens is 1020 g/mol. The van der Waals surface area contributed by atoms with Crippen LogP contribution in [0.3, 0.4) is 0 Å². The summed E-state index contributed by atoms with van der Waals surface area (Å²) in [5, 5.41) is 31.5. The van der Waals surface area contributed by atoms with Crippen LogP contribution in [0.5, 0.6) is 0 Å². The molecule has 1 aliphatic rings. The zero-order valence-electron chi connectivity index (χ0n) is 49.7. The van der Waals surface area contributed by atoms with Crippen LogP contribution in [0.2, 0.25) is 0 Å². The van der Waals surface area contributed by atoms with Crippen molar-refractivity contribution in [3.63, 3.8) is 0 Å². The number of carbonyl (C=O) groups excluding carboxylic acids is 3. The van der Waals surface area contributed by atoms with Crippen LogP contribution in [0, 0.1) is 0 Å². The number of aliphatic carboxylic acids is 1. The van der Waals surface area contributed by atoms with E-state index >= 15 is 0 Å². The summed E-state index contributed by atoms with van der Waals surface area (Å²) in [6.07, 6.45) is 67.8. The van der Waals surface area contributed by atoms with Crippen LogP contribution in [0.1, 0.15) is 201 Å². The summed E-state index contributed by atoms with van der Waals surface area (Å²) in [6, 6.07) is 0. The molecule has 0 radical (unpaired) electrons. The van der Waals surface area contributed by atoms with Gasteiger partial charge in [-0.1, -0.05) is 198 Å². The van der Waals surface area contributed by atoms with Gasteiger partial charge < -0.3 is 39.0 Å². The quantitative estimate of drug-likeness (QED) is 0.0228. The Bertz CT molecular complexity index is 2010. The first-order valence-corrected chi connectivity index (χ1v) is 30.5. The minimum absolute atomic E-state index is 0.00795. The first-order valence-electron chi connectivity index (χ1n) is 30.5. The Balaban J connectivity index is 2.76.